The molecule has 4 saturated carbocycles. The van der Waals surface area contributed by atoms with Gasteiger partial charge in [0.05, 0.1) is 49.8 Å². The van der Waals surface area contributed by atoms with Crippen LogP contribution in [-0.2, 0) is 37.9 Å². The number of aliphatic hydroxyl groups excluding tert-OH is 14. The van der Waals surface area contributed by atoms with E-state index in [9.17, 15) is 71.5 Å². The lowest BCUT2D eigenvalue weighted by molar-refractivity contribution is -0.349. The van der Waals surface area contributed by atoms with Gasteiger partial charge in [-0.1, -0.05) is 46.3 Å². The highest BCUT2D eigenvalue weighted by molar-refractivity contribution is 5.20. The minimum Gasteiger partial charge on any atom is -0.393 e. The molecule has 8 fully saturated rings. The Morgan fingerprint density at radius 3 is 1.59 bits per heavy atom. The summed E-state index contributed by atoms with van der Waals surface area (Å²) >= 11 is 0. The summed E-state index contributed by atoms with van der Waals surface area (Å²) < 4.78 is 48.5. The molecule has 4 aliphatic heterocycles. The molecule has 0 amide bonds. The number of allylic oxidation sites excluding steroid dienone is 1. The molecule has 22 nitrogen and oxygen atoms in total. The molecule has 440 valence electrons. The van der Waals surface area contributed by atoms with Gasteiger partial charge in [-0.2, -0.15) is 0 Å². The zero-order valence-electron chi connectivity index (χ0n) is 45.6. The minimum atomic E-state index is -1.74. The Kier molecular flexibility index (Phi) is 18.4. The summed E-state index contributed by atoms with van der Waals surface area (Å²) in [5.41, 5.74) is -1.84. The summed E-state index contributed by atoms with van der Waals surface area (Å²) in [5, 5.41) is 152. The summed E-state index contributed by atoms with van der Waals surface area (Å²) in [6, 6.07) is 0. The summed E-state index contributed by atoms with van der Waals surface area (Å²) in [6.07, 6.45) is -22.6. The van der Waals surface area contributed by atoms with Crippen LogP contribution in [0.3, 0.4) is 0 Å². The SMILES string of the molecule is C/C(=C\CCC(C)(O[C@@H]1O[C@H](CO[C@@H]2O[C@@H](C)[C@@H](O)[C@@H](O)[C@H]2O)[C@@H](O)[C@H](O)[C@H]1O)C1CCC2(C)C1C(O)CC1C3(C)CCC(O[C@@H]4O[C@H](CO[C@@H]5O[C@@H](C)[C@@H](O)[C@@H](O)[C@H]5O)[C@@H](O)[C@H](O)[C@H]4O)C(C)(C)C3CCC12C)CO. The molecule has 76 heavy (non-hydrogen) atoms. The van der Waals surface area contributed by atoms with E-state index in [-0.39, 0.29) is 41.1 Å². The lowest BCUT2D eigenvalue weighted by Crippen LogP contribution is -2.67. The van der Waals surface area contributed by atoms with Crippen molar-refractivity contribution in [1.82, 2.24) is 0 Å². The van der Waals surface area contributed by atoms with Crippen LogP contribution in [-0.4, -0.2) is 232 Å². The second kappa shape index (κ2) is 22.9. The first kappa shape index (κ1) is 60.9. The zero-order chi connectivity index (χ0) is 55.9. The Morgan fingerprint density at radius 1 is 0.566 bits per heavy atom. The number of hydrogen-bond acceptors (Lipinski definition) is 22. The fourth-order valence-electron chi connectivity index (χ4n) is 16.1. The summed E-state index contributed by atoms with van der Waals surface area (Å²) in [6.45, 7) is 17.0. The smallest absolute Gasteiger partial charge is 0.187 e. The van der Waals surface area contributed by atoms with Crippen LogP contribution in [0.25, 0.3) is 0 Å². The number of fused-ring (bicyclic) bond motifs is 5. The Morgan fingerprint density at radius 2 is 1.05 bits per heavy atom. The van der Waals surface area contributed by atoms with Crippen molar-refractivity contribution in [3.05, 3.63) is 11.6 Å². The quantitative estimate of drug-likeness (QED) is 0.0678. The molecule has 0 bridgehead atoms. The lowest BCUT2D eigenvalue weighted by Gasteiger charge is -2.71. The van der Waals surface area contributed by atoms with E-state index in [1.165, 1.54) is 13.8 Å². The van der Waals surface area contributed by atoms with Crippen molar-refractivity contribution < 1.29 is 109 Å². The molecule has 14 N–H and O–H groups in total. The van der Waals surface area contributed by atoms with Crippen molar-refractivity contribution in [3.8, 4) is 0 Å². The Bertz CT molecular complexity index is 1980. The van der Waals surface area contributed by atoms with Crippen molar-refractivity contribution >= 4 is 0 Å². The van der Waals surface area contributed by atoms with E-state index in [1.807, 2.05) is 19.9 Å². The maximum atomic E-state index is 12.8. The monoisotopic (exact) mass is 1090 g/mol. The molecule has 8 rings (SSSR count). The maximum absolute atomic E-state index is 12.8. The van der Waals surface area contributed by atoms with E-state index in [0.29, 0.717) is 38.5 Å². The zero-order valence-corrected chi connectivity index (χ0v) is 45.6. The van der Waals surface area contributed by atoms with Crippen LogP contribution in [0.5, 0.6) is 0 Å². The minimum absolute atomic E-state index is 0.0610. The van der Waals surface area contributed by atoms with Gasteiger partial charge >= 0.3 is 0 Å². The molecule has 22 heteroatoms. The van der Waals surface area contributed by atoms with Crippen LogP contribution >= 0.6 is 0 Å². The average molecular weight is 1090 g/mol. The van der Waals surface area contributed by atoms with Crippen LogP contribution in [0.4, 0.5) is 0 Å². The van der Waals surface area contributed by atoms with Crippen molar-refractivity contribution in [2.45, 2.75) is 261 Å². The average Bonchev–Trinajstić information content (AvgIpc) is 3.83. The number of ether oxygens (including phenoxy) is 8. The Hall–Kier alpha value is -1.14. The van der Waals surface area contributed by atoms with E-state index in [2.05, 4.69) is 34.6 Å². The topological polar surface area (TPSA) is 357 Å². The van der Waals surface area contributed by atoms with E-state index >= 15 is 0 Å². The molecule has 4 aliphatic carbocycles. The Balaban J connectivity index is 0.982. The van der Waals surface area contributed by atoms with Gasteiger partial charge in [0.2, 0.25) is 0 Å². The third kappa shape index (κ3) is 10.7. The molecule has 4 heterocycles. The number of aliphatic hydroxyl groups is 14. The fraction of sp³-hybridized carbons (Fsp3) is 0.963. The molecule has 4 saturated heterocycles. The van der Waals surface area contributed by atoms with Gasteiger partial charge in [0.1, 0.15) is 85.5 Å². The number of hydrogen-bond donors (Lipinski definition) is 14. The third-order valence-electron chi connectivity index (χ3n) is 21.0. The molecule has 10 unspecified atom stereocenters. The summed E-state index contributed by atoms with van der Waals surface area (Å²) in [7, 11) is 0. The standard InChI is InChI=1S/C54H92O22/c1-23(20-55)11-10-15-54(9,76-49-45(68)41(64)37(60)29(74-49)22-70-47-43(66)39(62)35(58)25(3)72-47)26-12-17-53(8)33(26)27(56)19-31-51(6)16-14-32(50(4,5)30(51)13-18-52(31,53)7)75-48-44(67)40(63)36(59)28(73-48)21-69-46-42(65)38(61)34(57)24(2)71-46/h11,24-49,55-68H,10,12-22H2,1-9H3/b23-11+/t24-,25-,26?,27?,28+,29+,30?,31?,32?,33?,34+,35+,36+,37+,38+,39+,40-,41-,42+,43+,44+,45+,46+,47+,48-,49-,51?,52?,53?,54?/m0/s1. The molecule has 0 aromatic heterocycles. The predicted molar refractivity (Wildman–Crippen MR) is 265 cm³/mol. The van der Waals surface area contributed by atoms with Gasteiger partial charge in [-0.25, -0.2) is 0 Å². The maximum Gasteiger partial charge on any atom is 0.187 e. The molecule has 0 aromatic rings. The van der Waals surface area contributed by atoms with Crippen molar-refractivity contribution in [1.29, 1.82) is 0 Å². The normalized spacial score (nSPS) is 53.5. The van der Waals surface area contributed by atoms with Crippen LogP contribution < -0.4 is 0 Å². The number of rotatable bonds is 15. The molecular weight excluding hydrogens is 1000 g/mol. The van der Waals surface area contributed by atoms with Gasteiger partial charge in [0.25, 0.3) is 0 Å². The van der Waals surface area contributed by atoms with Gasteiger partial charge in [-0.05, 0) is 131 Å². The molecule has 8 aliphatic rings. The predicted octanol–water partition coefficient (Wildman–Crippen LogP) is -1.17. The second-order valence-corrected chi connectivity index (χ2v) is 25.7. The van der Waals surface area contributed by atoms with Gasteiger partial charge in [0, 0.05) is 0 Å². The first-order valence-electron chi connectivity index (χ1n) is 27.8. The largest absolute Gasteiger partial charge is 0.393 e. The third-order valence-corrected chi connectivity index (χ3v) is 21.0. The molecule has 0 aromatic carbocycles. The highest BCUT2D eigenvalue weighted by Crippen LogP contribution is 2.76. The highest BCUT2D eigenvalue weighted by Gasteiger charge is 2.72. The van der Waals surface area contributed by atoms with E-state index in [1.54, 1.807) is 0 Å². The molecule has 0 spiro atoms. The first-order valence-corrected chi connectivity index (χ1v) is 27.8. The second-order valence-electron chi connectivity index (χ2n) is 25.7. The van der Waals surface area contributed by atoms with Crippen LogP contribution in [0.1, 0.15) is 120 Å². The van der Waals surface area contributed by atoms with Crippen LogP contribution in [0.2, 0.25) is 0 Å². The molecular formula is C54H92O22. The van der Waals surface area contributed by atoms with Gasteiger partial charge in [0.15, 0.2) is 25.2 Å². The van der Waals surface area contributed by atoms with Crippen molar-refractivity contribution in [2.75, 3.05) is 19.8 Å². The fourth-order valence-corrected chi connectivity index (χ4v) is 16.1. The van der Waals surface area contributed by atoms with Gasteiger partial charge in [-0.3, -0.25) is 0 Å². The van der Waals surface area contributed by atoms with E-state index < -0.39 is 165 Å². The van der Waals surface area contributed by atoms with Crippen molar-refractivity contribution in [3.63, 3.8) is 0 Å². The van der Waals surface area contributed by atoms with E-state index in [4.69, 9.17) is 37.9 Å². The van der Waals surface area contributed by atoms with Gasteiger partial charge < -0.3 is 109 Å². The first-order chi connectivity index (χ1) is 35.5. The van der Waals surface area contributed by atoms with Crippen molar-refractivity contribution in [2.24, 2.45) is 45.3 Å². The lowest BCUT2D eigenvalue weighted by atomic mass is 9.35. The van der Waals surface area contributed by atoms with Crippen LogP contribution in [0.15, 0.2) is 11.6 Å². The highest BCUT2D eigenvalue weighted by atomic mass is 16.7. The van der Waals surface area contributed by atoms with Crippen LogP contribution in [0, 0.1) is 45.3 Å². The van der Waals surface area contributed by atoms with E-state index in [0.717, 1.165) is 24.8 Å². The summed E-state index contributed by atoms with van der Waals surface area (Å²) in [4.78, 5) is 0. The Labute approximate surface area is 445 Å². The van der Waals surface area contributed by atoms with Gasteiger partial charge in [-0.15, -0.1) is 0 Å². The summed E-state index contributed by atoms with van der Waals surface area (Å²) in [5.74, 6) is -0.430. The molecule has 0 radical (unpaired) electrons. The molecule has 30 atom stereocenters.